The van der Waals surface area contributed by atoms with Crippen molar-refractivity contribution < 1.29 is 4.79 Å². The molecule has 0 saturated heterocycles. The number of carbonyl (C=O) groups is 1. The van der Waals surface area contributed by atoms with E-state index in [-0.39, 0.29) is 12.5 Å². The maximum atomic E-state index is 12.7. The molecule has 1 N–H and O–H groups in total. The lowest BCUT2D eigenvalue weighted by molar-refractivity contribution is 0.0950. The maximum Gasteiger partial charge on any atom is 0.253 e. The van der Waals surface area contributed by atoms with E-state index in [9.17, 15) is 4.79 Å². The molecule has 4 rings (SSSR count). The number of nitrogens with one attached hydrogen (secondary N) is 1. The van der Waals surface area contributed by atoms with Crippen molar-refractivity contribution in [3.05, 3.63) is 103 Å². The van der Waals surface area contributed by atoms with Gasteiger partial charge in [0.1, 0.15) is 0 Å². The first-order valence-corrected chi connectivity index (χ1v) is 13.0. The van der Waals surface area contributed by atoms with Gasteiger partial charge in [-0.1, -0.05) is 79.0 Å². The van der Waals surface area contributed by atoms with Gasteiger partial charge in [0.05, 0.1) is 17.1 Å². The Hall–Kier alpha value is -1.84. The van der Waals surface area contributed by atoms with Gasteiger partial charge >= 0.3 is 0 Å². The largest absolute Gasteiger partial charge is 0.345 e. The molecule has 5 nitrogen and oxygen atoms in total. The Bertz CT molecular complexity index is 1280. The number of rotatable bonds is 7. The number of nitrogens with zero attached hydrogens (tertiary/aromatic N) is 3. The number of hydrogen-bond donors (Lipinski definition) is 1. The van der Waals surface area contributed by atoms with Crippen LogP contribution in [0.25, 0.3) is 5.69 Å². The van der Waals surface area contributed by atoms with Crippen LogP contribution in [-0.4, -0.2) is 20.7 Å². The molecule has 1 heterocycles. The molecule has 0 fully saturated rings. The summed E-state index contributed by atoms with van der Waals surface area (Å²) in [7, 11) is 0. The first kappa shape index (κ1) is 24.3. The molecule has 33 heavy (non-hydrogen) atoms. The normalized spacial score (nSPS) is 10.9. The number of hydrogen-bond acceptors (Lipinski definition) is 4. The minimum atomic E-state index is -0.314. The van der Waals surface area contributed by atoms with Crippen molar-refractivity contribution >= 4 is 72.7 Å². The molecule has 1 amide bonds. The van der Waals surface area contributed by atoms with Crippen LogP contribution in [0.4, 0.5) is 0 Å². The molecule has 0 aliphatic rings. The predicted octanol–water partition coefficient (Wildman–Crippen LogP) is 7.32. The van der Waals surface area contributed by atoms with Crippen molar-refractivity contribution in [2.45, 2.75) is 17.5 Å². The van der Waals surface area contributed by atoms with Crippen LogP contribution in [0.3, 0.4) is 0 Å². The summed E-state index contributed by atoms with van der Waals surface area (Å²) in [5.74, 6) is 1.02. The van der Waals surface area contributed by atoms with Crippen molar-refractivity contribution in [1.29, 1.82) is 0 Å². The molecule has 0 aliphatic carbocycles. The fourth-order valence-electron chi connectivity index (χ4n) is 3.01. The molecule has 0 saturated carbocycles. The highest BCUT2D eigenvalue weighted by Gasteiger charge is 2.17. The average molecular weight is 627 g/mol. The number of aromatic nitrogens is 3. The quantitative estimate of drug-likeness (QED) is 0.218. The number of carbonyl (C=O) groups excluding carboxylic acids is 1. The fourth-order valence-corrected chi connectivity index (χ4v) is 4.96. The summed E-state index contributed by atoms with van der Waals surface area (Å²) in [5.41, 5.74) is 2.41. The van der Waals surface area contributed by atoms with Crippen LogP contribution in [0.15, 0.2) is 80.8 Å². The molecule has 0 atom stereocenters. The van der Waals surface area contributed by atoms with Crippen LogP contribution in [0, 0.1) is 0 Å². The minimum Gasteiger partial charge on any atom is -0.345 e. The smallest absolute Gasteiger partial charge is 0.253 e. The molecule has 3 aromatic carbocycles. The SMILES string of the molecule is O=C(NCc1nnc(SCc2ccc(Br)cc2)n1-c1ccc(Br)cc1)c1ccc(Cl)cc1Cl. The highest BCUT2D eigenvalue weighted by Crippen LogP contribution is 2.27. The van der Waals surface area contributed by atoms with Crippen LogP contribution in [0.1, 0.15) is 21.7 Å². The van der Waals surface area contributed by atoms with Gasteiger partial charge in [-0.2, -0.15) is 0 Å². The molecule has 168 valence electrons. The number of halogens is 4. The Labute approximate surface area is 222 Å². The van der Waals surface area contributed by atoms with E-state index in [4.69, 9.17) is 23.2 Å². The molecular formula is C23H16Br2Cl2N4OS. The molecule has 0 bridgehead atoms. The van der Waals surface area contributed by atoms with E-state index in [0.29, 0.717) is 21.4 Å². The van der Waals surface area contributed by atoms with Gasteiger partial charge in [-0.15, -0.1) is 10.2 Å². The lowest BCUT2D eigenvalue weighted by Gasteiger charge is -2.12. The topological polar surface area (TPSA) is 59.8 Å². The molecule has 0 radical (unpaired) electrons. The van der Waals surface area contributed by atoms with E-state index in [0.717, 1.165) is 25.5 Å². The lowest BCUT2D eigenvalue weighted by atomic mass is 10.2. The summed E-state index contributed by atoms with van der Waals surface area (Å²) in [6.45, 7) is 0.180. The summed E-state index contributed by atoms with van der Waals surface area (Å²) in [4.78, 5) is 12.7. The zero-order chi connectivity index (χ0) is 23.4. The number of amides is 1. The van der Waals surface area contributed by atoms with Gasteiger partial charge in [0.25, 0.3) is 5.91 Å². The van der Waals surface area contributed by atoms with Crippen molar-refractivity contribution in [2.75, 3.05) is 0 Å². The third kappa shape index (κ3) is 6.19. The lowest BCUT2D eigenvalue weighted by Crippen LogP contribution is -2.25. The molecule has 0 aliphatic heterocycles. The second kappa shape index (κ2) is 11.1. The fraction of sp³-hybridized carbons (Fsp3) is 0.0870. The third-order valence-electron chi connectivity index (χ3n) is 4.65. The molecule has 1 aromatic heterocycles. The summed E-state index contributed by atoms with van der Waals surface area (Å²) in [5, 5.41) is 13.1. The molecule has 10 heteroatoms. The van der Waals surface area contributed by atoms with Crippen molar-refractivity contribution in [2.24, 2.45) is 0 Å². The molecule has 0 unspecified atom stereocenters. The first-order valence-electron chi connectivity index (χ1n) is 9.71. The van der Waals surface area contributed by atoms with E-state index in [2.05, 4.69) is 59.5 Å². The Morgan fingerprint density at radius 3 is 2.27 bits per heavy atom. The Balaban J connectivity index is 1.57. The molecule has 4 aromatic rings. The first-order chi connectivity index (χ1) is 15.9. The zero-order valence-electron chi connectivity index (χ0n) is 16.9. The van der Waals surface area contributed by atoms with E-state index in [1.807, 2.05) is 41.0 Å². The van der Waals surface area contributed by atoms with Crippen LogP contribution in [-0.2, 0) is 12.3 Å². The monoisotopic (exact) mass is 624 g/mol. The van der Waals surface area contributed by atoms with Crippen molar-refractivity contribution in [3.63, 3.8) is 0 Å². The van der Waals surface area contributed by atoms with Gasteiger partial charge < -0.3 is 5.32 Å². The molecular weight excluding hydrogens is 611 g/mol. The average Bonchev–Trinajstić information content (AvgIpc) is 3.20. The summed E-state index contributed by atoms with van der Waals surface area (Å²) < 4.78 is 3.95. The van der Waals surface area contributed by atoms with E-state index in [1.54, 1.807) is 30.0 Å². The summed E-state index contributed by atoms with van der Waals surface area (Å²) in [6, 6.07) is 20.8. The van der Waals surface area contributed by atoms with Crippen molar-refractivity contribution in [3.8, 4) is 5.69 Å². The minimum absolute atomic E-state index is 0.180. The van der Waals surface area contributed by atoms with E-state index >= 15 is 0 Å². The number of benzene rings is 3. The van der Waals surface area contributed by atoms with Crippen LogP contribution in [0.5, 0.6) is 0 Å². The predicted molar refractivity (Wildman–Crippen MR) is 140 cm³/mol. The third-order valence-corrected chi connectivity index (χ3v) is 7.25. The van der Waals surface area contributed by atoms with Crippen LogP contribution >= 0.6 is 66.8 Å². The van der Waals surface area contributed by atoms with Crippen LogP contribution < -0.4 is 5.32 Å². The van der Waals surface area contributed by atoms with Gasteiger partial charge in [-0.05, 0) is 60.2 Å². The highest BCUT2D eigenvalue weighted by atomic mass is 79.9. The summed E-state index contributed by atoms with van der Waals surface area (Å²) >= 11 is 20.6. The Morgan fingerprint density at radius 1 is 0.939 bits per heavy atom. The van der Waals surface area contributed by atoms with Gasteiger partial charge in [0.15, 0.2) is 11.0 Å². The summed E-state index contributed by atoms with van der Waals surface area (Å²) in [6.07, 6.45) is 0. The standard InChI is InChI=1S/C23H16Br2Cl2N4OS/c24-15-3-1-14(2-4-15)13-33-23-30-29-21(31(23)18-8-5-16(25)6-9-18)12-28-22(32)19-10-7-17(26)11-20(19)27/h1-11H,12-13H2,(H,28,32). The van der Waals surface area contributed by atoms with Crippen molar-refractivity contribution in [1.82, 2.24) is 20.1 Å². The van der Waals surface area contributed by atoms with E-state index < -0.39 is 0 Å². The van der Waals surface area contributed by atoms with Crippen LogP contribution in [0.2, 0.25) is 10.0 Å². The zero-order valence-corrected chi connectivity index (χ0v) is 22.4. The Kier molecular flexibility index (Phi) is 8.14. The second-order valence-electron chi connectivity index (χ2n) is 6.93. The molecule has 0 spiro atoms. The van der Waals surface area contributed by atoms with Gasteiger partial charge in [0, 0.05) is 25.4 Å². The van der Waals surface area contributed by atoms with Gasteiger partial charge in [-0.25, -0.2) is 0 Å². The number of thioether (sulfide) groups is 1. The highest BCUT2D eigenvalue weighted by molar-refractivity contribution is 9.10. The van der Waals surface area contributed by atoms with Gasteiger partial charge in [0.2, 0.25) is 0 Å². The second-order valence-corrected chi connectivity index (χ2v) is 10.6. The van der Waals surface area contributed by atoms with E-state index in [1.165, 1.54) is 5.56 Å². The van der Waals surface area contributed by atoms with Gasteiger partial charge in [-0.3, -0.25) is 9.36 Å². The maximum absolute atomic E-state index is 12.7. The Morgan fingerprint density at radius 2 is 1.61 bits per heavy atom.